The number of rotatable bonds is 8. The van der Waals surface area contributed by atoms with E-state index in [0.717, 1.165) is 11.1 Å². The lowest BCUT2D eigenvalue weighted by Crippen LogP contribution is -2.43. The maximum absolute atomic E-state index is 12.4. The van der Waals surface area contributed by atoms with Gasteiger partial charge in [0.2, 0.25) is 5.91 Å². The first kappa shape index (κ1) is 25.6. The maximum atomic E-state index is 12.4. The second-order valence-electron chi connectivity index (χ2n) is 6.24. The van der Waals surface area contributed by atoms with E-state index in [-0.39, 0.29) is 25.5 Å². The first-order valence-corrected chi connectivity index (χ1v) is 9.17. The number of carboxylic acid groups (broad SMARTS) is 1. The lowest BCUT2D eigenvalue weighted by atomic mass is 10.1. The van der Waals surface area contributed by atoms with Gasteiger partial charge in [-0.05, 0) is 11.1 Å². The maximum Gasteiger partial charge on any atom is 0.490 e. The van der Waals surface area contributed by atoms with E-state index < -0.39 is 24.2 Å². The summed E-state index contributed by atoms with van der Waals surface area (Å²) in [6.45, 7) is 0.417. The third-order valence-corrected chi connectivity index (χ3v) is 3.74. The number of carboxylic acids is 1. The van der Waals surface area contributed by atoms with Crippen LogP contribution in [-0.2, 0) is 32.1 Å². The SMILES string of the molecule is NCCC(=O)N[C@@H](Cc1ccccc1)C(=O)OCc1ccccc1.O=C(O)C(F)(F)F. The normalized spacial score (nSPS) is 11.5. The van der Waals surface area contributed by atoms with Crippen LogP contribution in [0.1, 0.15) is 17.5 Å². The van der Waals surface area contributed by atoms with E-state index in [1.807, 2.05) is 60.7 Å². The van der Waals surface area contributed by atoms with Gasteiger partial charge in [0.25, 0.3) is 0 Å². The molecule has 168 valence electrons. The summed E-state index contributed by atoms with van der Waals surface area (Å²) in [5.74, 6) is -3.46. The average Bonchev–Trinajstić information content (AvgIpc) is 2.73. The second kappa shape index (κ2) is 13.0. The largest absolute Gasteiger partial charge is 0.490 e. The van der Waals surface area contributed by atoms with Crippen LogP contribution in [0, 0.1) is 0 Å². The van der Waals surface area contributed by atoms with Gasteiger partial charge < -0.3 is 20.9 Å². The number of benzene rings is 2. The number of hydrogen-bond acceptors (Lipinski definition) is 5. The number of ether oxygens (including phenoxy) is 1. The molecule has 0 saturated carbocycles. The van der Waals surface area contributed by atoms with E-state index in [9.17, 15) is 22.8 Å². The Kier molecular flexibility index (Phi) is 10.8. The first-order chi connectivity index (χ1) is 14.6. The molecule has 0 aromatic heterocycles. The Balaban J connectivity index is 0.000000592. The second-order valence-corrected chi connectivity index (χ2v) is 6.24. The molecule has 1 amide bonds. The highest BCUT2D eigenvalue weighted by atomic mass is 19.4. The van der Waals surface area contributed by atoms with E-state index in [2.05, 4.69) is 5.32 Å². The Morgan fingerprint density at radius 1 is 0.968 bits per heavy atom. The van der Waals surface area contributed by atoms with E-state index in [4.69, 9.17) is 20.4 Å². The number of carbonyl (C=O) groups is 3. The summed E-state index contributed by atoms with van der Waals surface area (Å²) in [4.78, 5) is 33.1. The van der Waals surface area contributed by atoms with Crippen LogP contribution >= 0.6 is 0 Å². The summed E-state index contributed by atoms with van der Waals surface area (Å²) in [6.07, 6.45) is -4.53. The molecule has 0 bridgehead atoms. The van der Waals surface area contributed by atoms with Gasteiger partial charge in [-0.1, -0.05) is 60.7 Å². The summed E-state index contributed by atoms with van der Waals surface area (Å²) in [7, 11) is 0. The Morgan fingerprint density at radius 2 is 1.45 bits per heavy atom. The minimum absolute atomic E-state index is 0.178. The molecule has 0 saturated heterocycles. The Hall–Kier alpha value is -3.40. The Bertz CT molecular complexity index is 830. The van der Waals surface area contributed by atoms with Crippen molar-refractivity contribution in [2.45, 2.75) is 31.7 Å². The van der Waals surface area contributed by atoms with Crippen molar-refractivity contribution in [3.63, 3.8) is 0 Å². The summed E-state index contributed by atoms with van der Waals surface area (Å²) in [5, 5.41) is 9.83. The Morgan fingerprint density at radius 3 is 1.90 bits per heavy atom. The molecule has 2 rings (SSSR count). The van der Waals surface area contributed by atoms with Gasteiger partial charge in [0, 0.05) is 19.4 Å². The molecule has 0 aliphatic rings. The molecule has 0 aliphatic heterocycles. The molecule has 0 fully saturated rings. The number of amides is 1. The Labute approximate surface area is 177 Å². The number of nitrogens with two attached hydrogens (primary N) is 1. The average molecular weight is 440 g/mol. The van der Waals surface area contributed by atoms with Gasteiger partial charge in [-0.3, -0.25) is 4.79 Å². The van der Waals surface area contributed by atoms with Crippen LogP contribution in [0.25, 0.3) is 0 Å². The van der Waals surface area contributed by atoms with Gasteiger partial charge >= 0.3 is 18.1 Å². The standard InChI is InChI=1S/C19H22N2O3.C2HF3O2/c20-12-11-18(22)21-17(13-15-7-3-1-4-8-15)19(23)24-14-16-9-5-2-6-10-16;3-2(4,5)1(6)7/h1-10,17H,11-14,20H2,(H,21,22);(H,6,7)/t17-;/m0./s1. The molecule has 0 aliphatic carbocycles. The van der Waals surface area contributed by atoms with Crippen molar-refractivity contribution in [2.24, 2.45) is 5.73 Å². The quantitative estimate of drug-likeness (QED) is 0.543. The molecule has 10 heteroatoms. The third kappa shape index (κ3) is 10.8. The van der Waals surface area contributed by atoms with Crippen LogP contribution in [0.5, 0.6) is 0 Å². The molecule has 0 heterocycles. The first-order valence-electron chi connectivity index (χ1n) is 9.17. The number of esters is 1. The molecular formula is C21H23F3N2O5. The van der Waals surface area contributed by atoms with Crippen molar-refractivity contribution < 1.29 is 37.4 Å². The van der Waals surface area contributed by atoms with E-state index in [0.29, 0.717) is 6.42 Å². The summed E-state index contributed by atoms with van der Waals surface area (Å²) < 4.78 is 37.1. The van der Waals surface area contributed by atoms with E-state index in [1.54, 1.807) is 0 Å². The van der Waals surface area contributed by atoms with Crippen molar-refractivity contribution in [2.75, 3.05) is 6.54 Å². The number of halogens is 3. The van der Waals surface area contributed by atoms with Crippen molar-refractivity contribution in [1.29, 1.82) is 0 Å². The lowest BCUT2D eigenvalue weighted by molar-refractivity contribution is -0.192. The molecule has 31 heavy (non-hydrogen) atoms. The van der Waals surface area contributed by atoms with Crippen LogP contribution in [-0.4, -0.2) is 41.7 Å². The molecule has 0 radical (unpaired) electrons. The fourth-order valence-corrected chi connectivity index (χ4v) is 2.27. The van der Waals surface area contributed by atoms with Crippen LogP contribution < -0.4 is 11.1 Å². The fraction of sp³-hybridized carbons (Fsp3) is 0.286. The predicted molar refractivity (Wildman–Crippen MR) is 106 cm³/mol. The minimum Gasteiger partial charge on any atom is -0.475 e. The molecule has 0 unspecified atom stereocenters. The monoisotopic (exact) mass is 440 g/mol. The van der Waals surface area contributed by atoms with Crippen LogP contribution in [0.2, 0.25) is 0 Å². The van der Waals surface area contributed by atoms with E-state index >= 15 is 0 Å². The van der Waals surface area contributed by atoms with Gasteiger partial charge in [0.05, 0.1) is 0 Å². The topological polar surface area (TPSA) is 119 Å². The van der Waals surface area contributed by atoms with Crippen LogP contribution in [0.3, 0.4) is 0 Å². The van der Waals surface area contributed by atoms with Gasteiger partial charge in [0.1, 0.15) is 12.6 Å². The van der Waals surface area contributed by atoms with Gasteiger partial charge in [-0.2, -0.15) is 13.2 Å². The fourth-order valence-electron chi connectivity index (χ4n) is 2.27. The molecule has 0 spiro atoms. The number of aliphatic carboxylic acids is 1. The zero-order valence-corrected chi connectivity index (χ0v) is 16.5. The van der Waals surface area contributed by atoms with Crippen LogP contribution in [0.15, 0.2) is 60.7 Å². The number of alkyl halides is 3. The lowest BCUT2D eigenvalue weighted by Gasteiger charge is -2.18. The molecule has 2 aromatic carbocycles. The number of carbonyl (C=O) groups excluding carboxylic acids is 2. The summed E-state index contributed by atoms with van der Waals surface area (Å²) in [6, 6.07) is 18.2. The minimum atomic E-state index is -5.08. The highest BCUT2D eigenvalue weighted by molar-refractivity contribution is 5.84. The van der Waals surface area contributed by atoms with Crippen molar-refractivity contribution >= 4 is 17.8 Å². The summed E-state index contributed by atoms with van der Waals surface area (Å²) in [5.41, 5.74) is 7.24. The smallest absolute Gasteiger partial charge is 0.475 e. The number of hydrogen-bond donors (Lipinski definition) is 3. The zero-order chi connectivity index (χ0) is 23.3. The van der Waals surface area contributed by atoms with E-state index in [1.165, 1.54) is 0 Å². The van der Waals surface area contributed by atoms with Gasteiger partial charge in [0.15, 0.2) is 0 Å². The number of nitrogens with one attached hydrogen (secondary N) is 1. The third-order valence-electron chi connectivity index (χ3n) is 3.74. The summed E-state index contributed by atoms with van der Waals surface area (Å²) >= 11 is 0. The molecular weight excluding hydrogens is 417 g/mol. The van der Waals surface area contributed by atoms with Gasteiger partial charge in [-0.15, -0.1) is 0 Å². The molecule has 4 N–H and O–H groups in total. The molecule has 2 aromatic rings. The highest BCUT2D eigenvalue weighted by Crippen LogP contribution is 2.13. The highest BCUT2D eigenvalue weighted by Gasteiger charge is 2.38. The molecule has 1 atom stereocenters. The predicted octanol–water partition coefficient (Wildman–Crippen LogP) is 2.44. The zero-order valence-electron chi connectivity index (χ0n) is 16.5. The molecule has 7 nitrogen and oxygen atoms in total. The van der Waals surface area contributed by atoms with Gasteiger partial charge in [-0.25, -0.2) is 9.59 Å². The van der Waals surface area contributed by atoms with Crippen LogP contribution in [0.4, 0.5) is 13.2 Å². The van der Waals surface area contributed by atoms with Crippen molar-refractivity contribution in [3.8, 4) is 0 Å². The van der Waals surface area contributed by atoms with Crippen molar-refractivity contribution in [1.82, 2.24) is 5.32 Å². The van der Waals surface area contributed by atoms with Crippen molar-refractivity contribution in [3.05, 3.63) is 71.8 Å².